The van der Waals surface area contributed by atoms with Crippen molar-refractivity contribution >= 4 is 12.0 Å². The first-order chi connectivity index (χ1) is 15.2. The summed E-state index contributed by atoms with van der Waals surface area (Å²) in [4.78, 5) is 18.6. The molecule has 3 aromatic rings. The lowest BCUT2D eigenvalue weighted by atomic mass is 10.1. The normalized spacial score (nSPS) is 16.4. The molecule has 158 valence electrons. The molecule has 0 bridgehead atoms. The zero-order chi connectivity index (χ0) is 21.5. The SMILES string of the molecule is O=C(C=Cc1ccc(OCc2ccccn2)cc1)N1CCOC(c2ccc(F)cc2)C1. The highest BCUT2D eigenvalue weighted by molar-refractivity contribution is 5.91. The number of aromatic nitrogens is 1. The number of rotatable bonds is 6. The van der Waals surface area contributed by atoms with E-state index in [1.165, 1.54) is 12.1 Å². The maximum absolute atomic E-state index is 13.1. The number of ether oxygens (including phenoxy) is 2. The van der Waals surface area contributed by atoms with Gasteiger partial charge in [0.25, 0.3) is 0 Å². The van der Waals surface area contributed by atoms with Gasteiger partial charge in [-0.3, -0.25) is 9.78 Å². The average Bonchev–Trinajstić information content (AvgIpc) is 2.83. The third kappa shape index (κ3) is 5.77. The Balaban J connectivity index is 1.31. The molecule has 1 saturated heterocycles. The Labute approximate surface area is 180 Å². The van der Waals surface area contributed by atoms with E-state index < -0.39 is 0 Å². The number of hydrogen-bond donors (Lipinski definition) is 0. The number of pyridine rings is 1. The van der Waals surface area contributed by atoms with Gasteiger partial charge in [0.15, 0.2) is 0 Å². The van der Waals surface area contributed by atoms with Gasteiger partial charge in [0.1, 0.15) is 24.3 Å². The molecule has 0 saturated carbocycles. The van der Waals surface area contributed by atoms with E-state index in [9.17, 15) is 9.18 Å². The molecule has 2 heterocycles. The summed E-state index contributed by atoms with van der Waals surface area (Å²) in [5.74, 6) is 0.374. The summed E-state index contributed by atoms with van der Waals surface area (Å²) < 4.78 is 24.6. The van der Waals surface area contributed by atoms with Gasteiger partial charge >= 0.3 is 0 Å². The van der Waals surface area contributed by atoms with Crippen LogP contribution in [0.4, 0.5) is 4.39 Å². The van der Waals surface area contributed by atoms with Gasteiger partial charge in [0.05, 0.1) is 18.8 Å². The van der Waals surface area contributed by atoms with Gasteiger partial charge in [-0.05, 0) is 53.6 Å². The molecule has 31 heavy (non-hydrogen) atoms. The smallest absolute Gasteiger partial charge is 0.246 e. The molecule has 1 aliphatic rings. The van der Waals surface area contributed by atoms with Crippen LogP contribution in [-0.2, 0) is 16.1 Å². The van der Waals surface area contributed by atoms with Crippen LogP contribution in [0.3, 0.4) is 0 Å². The molecule has 2 aromatic carbocycles. The summed E-state index contributed by atoms with van der Waals surface area (Å²) in [7, 11) is 0. The van der Waals surface area contributed by atoms with E-state index in [4.69, 9.17) is 9.47 Å². The topological polar surface area (TPSA) is 51.7 Å². The van der Waals surface area contributed by atoms with Crippen LogP contribution >= 0.6 is 0 Å². The Morgan fingerprint density at radius 1 is 1.13 bits per heavy atom. The Hall–Kier alpha value is -3.51. The quantitative estimate of drug-likeness (QED) is 0.557. The van der Waals surface area contributed by atoms with Crippen molar-refractivity contribution in [3.05, 3.63) is 102 Å². The third-order valence-corrected chi connectivity index (χ3v) is 5.03. The zero-order valence-corrected chi connectivity index (χ0v) is 17.0. The fourth-order valence-corrected chi connectivity index (χ4v) is 3.32. The van der Waals surface area contributed by atoms with Crippen LogP contribution in [0.2, 0.25) is 0 Å². The van der Waals surface area contributed by atoms with Crippen LogP contribution in [0.5, 0.6) is 5.75 Å². The first-order valence-corrected chi connectivity index (χ1v) is 10.1. The van der Waals surface area contributed by atoms with Crippen molar-refractivity contribution in [2.45, 2.75) is 12.7 Å². The van der Waals surface area contributed by atoms with Crippen LogP contribution < -0.4 is 4.74 Å². The minimum atomic E-state index is -0.288. The van der Waals surface area contributed by atoms with Crippen LogP contribution in [-0.4, -0.2) is 35.5 Å². The second-order valence-corrected chi connectivity index (χ2v) is 7.21. The number of morpholine rings is 1. The number of benzene rings is 2. The molecule has 0 N–H and O–H groups in total. The number of carbonyl (C=O) groups is 1. The highest BCUT2D eigenvalue weighted by Crippen LogP contribution is 2.23. The first kappa shape index (κ1) is 20.8. The van der Waals surface area contributed by atoms with Gasteiger partial charge in [-0.15, -0.1) is 0 Å². The molecule has 1 unspecified atom stereocenters. The van der Waals surface area contributed by atoms with Crippen molar-refractivity contribution in [1.29, 1.82) is 0 Å². The number of hydrogen-bond acceptors (Lipinski definition) is 4. The van der Waals surface area contributed by atoms with Gasteiger partial charge in [-0.2, -0.15) is 0 Å². The van der Waals surface area contributed by atoms with Gasteiger partial charge in [-0.1, -0.05) is 30.3 Å². The molecule has 5 nitrogen and oxygen atoms in total. The number of nitrogens with zero attached hydrogens (tertiary/aromatic N) is 2. The van der Waals surface area contributed by atoms with E-state index in [0.717, 1.165) is 22.6 Å². The molecule has 0 spiro atoms. The van der Waals surface area contributed by atoms with Crippen LogP contribution in [0.25, 0.3) is 6.08 Å². The fraction of sp³-hybridized carbons (Fsp3) is 0.200. The highest BCUT2D eigenvalue weighted by atomic mass is 19.1. The standard InChI is InChI=1S/C25H23FN2O3/c26-21-9-7-20(8-10-21)24-17-28(15-16-30-24)25(29)13-6-19-4-11-23(12-5-19)31-18-22-3-1-2-14-27-22/h1-14,24H,15-18H2. The predicted octanol–water partition coefficient (Wildman–Crippen LogP) is 4.41. The van der Waals surface area contributed by atoms with E-state index in [1.807, 2.05) is 42.5 Å². The largest absolute Gasteiger partial charge is 0.487 e. The Bertz CT molecular complexity index is 1020. The van der Waals surface area contributed by atoms with E-state index >= 15 is 0 Å². The number of amides is 1. The average molecular weight is 418 g/mol. The van der Waals surface area contributed by atoms with Crippen LogP contribution in [0, 0.1) is 5.82 Å². The van der Waals surface area contributed by atoms with Crippen molar-refractivity contribution in [1.82, 2.24) is 9.88 Å². The molecular weight excluding hydrogens is 395 g/mol. The summed E-state index contributed by atoms with van der Waals surface area (Å²) >= 11 is 0. The van der Waals surface area contributed by atoms with Crippen molar-refractivity contribution in [3.63, 3.8) is 0 Å². The molecule has 6 heteroatoms. The highest BCUT2D eigenvalue weighted by Gasteiger charge is 2.24. The molecular formula is C25H23FN2O3. The molecule has 0 radical (unpaired) electrons. The van der Waals surface area contributed by atoms with E-state index in [1.54, 1.807) is 35.4 Å². The lowest BCUT2D eigenvalue weighted by Gasteiger charge is -2.32. The summed E-state index contributed by atoms with van der Waals surface area (Å²) in [6.45, 7) is 1.82. The molecule has 1 amide bonds. The second kappa shape index (κ2) is 10.00. The van der Waals surface area contributed by atoms with Crippen molar-refractivity contribution in [2.75, 3.05) is 19.7 Å². The minimum Gasteiger partial charge on any atom is -0.487 e. The minimum absolute atomic E-state index is 0.0779. The van der Waals surface area contributed by atoms with Gasteiger partial charge in [0.2, 0.25) is 5.91 Å². The second-order valence-electron chi connectivity index (χ2n) is 7.21. The van der Waals surface area contributed by atoms with E-state index in [0.29, 0.717) is 26.3 Å². The maximum Gasteiger partial charge on any atom is 0.246 e. The van der Waals surface area contributed by atoms with Gasteiger partial charge in [-0.25, -0.2) is 4.39 Å². The Kier molecular flexibility index (Phi) is 6.69. The predicted molar refractivity (Wildman–Crippen MR) is 116 cm³/mol. The third-order valence-electron chi connectivity index (χ3n) is 5.03. The fourth-order valence-electron chi connectivity index (χ4n) is 3.32. The van der Waals surface area contributed by atoms with Gasteiger partial charge in [0, 0.05) is 18.8 Å². The Morgan fingerprint density at radius 2 is 1.94 bits per heavy atom. The molecule has 1 aliphatic heterocycles. The summed E-state index contributed by atoms with van der Waals surface area (Å²) in [5, 5.41) is 0. The molecule has 0 aliphatic carbocycles. The summed E-state index contributed by atoms with van der Waals surface area (Å²) in [6, 6.07) is 19.4. The van der Waals surface area contributed by atoms with E-state index in [2.05, 4.69) is 4.98 Å². The van der Waals surface area contributed by atoms with Crippen molar-refractivity contribution < 1.29 is 18.7 Å². The van der Waals surface area contributed by atoms with Crippen LogP contribution in [0.15, 0.2) is 79.0 Å². The number of carbonyl (C=O) groups excluding carboxylic acids is 1. The molecule has 1 atom stereocenters. The lowest BCUT2D eigenvalue weighted by Crippen LogP contribution is -2.41. The number of halogens is 1. The molecule has 1 fully saturated rings. The molecule has 4 rings (SSSR count). The van der Waals surface area contributed by atoms with Crippen LogP contribution in [0.1, 0.15) is 22.9 Å². The lowest BCUT2D eigenvalue weighted by molar-refractivity contribution is -0.133. The first-order valence-electron chi connectivity index (χ1n) is 10.1. The maximum atomic E-state index is 13.1. The zero-order valence-electron chi connectivity index (χ0n) is 17.0. The summed E-state index contributed by atoms with van der Waals surface area (Å²) in [5.41, 5.74) is 2.63. The molecule has 1 aromatic heterocycles. The van der Waals surface area contributed by atoms with Crippen molar-refractivity contribution in [2.24, 2.45) is 0 Å². The van der Waals surface area contributed by atoms with Crippen molar-refractivity contribution in [3.8, 4) is 5.75 Å². The van der Waals surface area contributed by atoms with Gasteiger partial charge < -0.3 is 14.4 Å². The monoisotopic (exact) mass is 418 g/mol. The van der Waals surface area contributed by atoms with E-state index in [-0.39, 0.29) is 17.8 Å². The summed E-state index contributed by atoms with van der Waals surface area (Å²) in [6.07, 6.45) is 4.84. The Morgan fingerprint density at radius 3 is 2.68 bits per heavy atom.